The summed E-state index contributed by atoms with van der Waals surface area (Å²) in [7, 11) is 0. The van der Waals surface area contributed by atoms with Gasteiger partial charge in [0.05, 0.1) is 0 Å². The van der Waals surface area contributed by atoms with Gasteiger partial charge in [0.2, 0.25) is 0 Å². The van der Waals surface area contributed by atoms with E-state index >= 15 is 0 Å². The Labute approximate surface area is 83.2 Å². The molecule has 0 amide bonds. The van der Waals surface area contributed by atoms with Gasteiger partial charge in [-0.05, 0) is 25.1 Å². The zero-order valence-electron chi connectivity index (χ0n) is 8.03. The lowest BCUT2D eigenvalue weighted by molar-refractivity contribution is 0.468. The molecular weight excluding hydrogens is 174 g/mol. The maximum absolute atomic E-state index is 5.60. The average Bonchev–Trinajstić information content (AvgIpc) is 2.58. The summed E-state index contributed by atoms with van der Waals surface area (Å²) in [5.41, 5.74) is 1.89. The number of hydrogen-bond acceptors (Lipinski definition) is 2. The van der Waals surface area contributed by atoms with E-state index in [0.717, 1.165) is 22.8 Å². The van der Waals surface area contributed by atoms with Gasteiger partial charge in [0.1, 0.15) is 17.2 Å². The molecule has 0 spiro atoms. The summed E-state index contributed by atoms with van der Waals surface area (Å²) in [5.74, 6) is 1.66. The lowest BCUT2D eigenvalue weighted by atomic mass is 10.1. The van der Waals surface area contributed by atoms with Crippen LogP contribution in [0.2, 0.25) is 0 Å². The molecule has 1 aromatic rings. The van der Waals surface area contributed by atoms with Gasteiger partial charge in [-0.2, -0.15) is 0 Å². The van der Waals surface area contributed by atoms with Crippen LogP contribution in [0.4, 0.5) is 0 Å². The third kappa shape index (κ3) is 1.25. The van der Waals surface area contributed by atoms with E-state index in [1.807, 2.05) is 37.3 Å². The molecule has 2 heteroatoms. The van der Waals surface area contributed by atoms with Crippen LogP contribution >= 0.6 is 0 Å². The highest BCUT2D eigenvalue weighted by Crippen LogP contribution is 2.30. The van der Waals surface area contributed by atoms with Crippen LogP contribution in [0.1, 0.15) is 12.5 Å². The third-order valence-corrected chi connectivity index (χ3v) is 2.08. The molecule has 1 aromatic carbocycles. The molecule has 14 heavy (non-hydrogen) atoms. The van der Waals surface area contributed by atoms with E-state index in [1.54, 1.807) is 0 Å². The SMILES string of the molecule is C=CN=C1/C(=C\C)Oc2ccccc21. The molecule has 70 valence electrons. The van der Waals surface area contributed by atoms with Crippen molar-refractivity contribution in [2.45, 2.75) is 6.92 Å². The highest BCUT2D eigenvalue weighted by Gasteiger charge is 2.23. The van der Waals surface area contributed by atoms with E-state index in [0.29, 0.717) is 0 Å². The van der Waals surface area contributed by atoms with Gasteiger partial charge < -0.3 is 4.74 Å². The first-order valence-electron chi connectivity index (χ1n) is 4.49. The Kier molecular flexibility index (Phi) is 2.19. The van der Waals surface area contributed by atoms with Crippen LogP contribution in [0.5, 0.6) is 5.75 Å². The number of rotatable bonds is 1. The fourth-order valence-electron chi connectivity index (χ4n) is 1.47. The zero-order valence-corrected chi connectivity index (χ0v) is 8.03. The van der Waals surface area contributed by atoms with Crippen molar-refractivity contribution in [2.24, 2.45) is 4.99 Å². The zero-order chi connectivity index (χ0) is 9.97. The minimum Gasteiger partial charge on any atom is -0.455 e. The molecule has 0 saturated carbocycles. The summed E-state index contributed by atoms with van der Waals surface area (Å²) < 4.78 is 5.60. The van der Waals surface area contributed by atoms with Crippen molar-refractivity contribution in [3.05, 3.63) is 54.4 Å². The number of nitrogens with zero attached hydrogens (tertiary/aromatic N) is 1. The van der Waals surface area contributed by atoms with Crippen LogP contribution in [0.3, 0.4) is 0 Å². The monoisotopic (exact) mass is 185 g/mol. The summed E-state index contributed by atoms with van der Waals surface area (Å²) >= 11 is 0. The molecular formula is C12H11NO. The number of allylic oxidation sites excluding steroid dienone is 2. The van der Waals surface area contributed by atoms with Crippen LogP contribution in [0.25, 0.3) is 0 Å². The lowest BCUT2D eigenvalue weighted by Gasteiger charge is -1.95. The van der Waals surface area contributed by atoms with Crippen LogP contribution < -0.4 is 4.74 Å². The van der Waals surface area contributed by atoms with Gasteiger partial charge in [0.25, 0.3) is 0 Å². The van der Waals surface area contributed by atoms with Crippen LogP contribution in [0, 0.1) is 0 Å². The lowest BCUT2D eigenvalue weighted by Crippen LogP contribution is -1.99. The first-order valence-corrected chi connectivity index (χ1v) is 4.49. The maximum atomic E-state index is 5.60. The summed E-state index contributed by atoms with van der Waals surface area (Å²) in [5, 5.41) is 0. The Balaban J connectivity index is 2.58. The Morgan fingerprint density at radius 3 is 2.86 bits per heavy atom. The first kappa shape index (κ1) is 8.75. The molecule has 1 aliphatic heterocycles. The highest BCUT2D eigenvalue weighted by molar-refractivity contribution is 6.16. The van der Waals surface area contributed by atoms with E-state index < -0.39 is 0 Å². The minimum atomic E-state index is 0.797. The Hall–Kier alpha value is -1.83. The number of ether oxygens (including phenoxy) is 1. The van der Waals surface area contributed by atoms with Gasteiger partial charge in [-0.15, -0.1) is 0 Å². The number of aliphatic imine (C=N–C) groups is 1. The predicted octanol–water partition coefficient (Wildman–Crippen LogP) is 2.92. The Morgan fingerprint density at radius 1 is 1.36 bits per heavy atom. The second kappa shape index (κ2) is 3.50. The van der Waals surface area contributed by atoms with Gasteiger partial charge in [-0.3, -0.25) is 4.99 Å². The predicted molar refractivity (Wildman–Crippen MR) is 57.6 cm³/mol. The summed E-state index contributed by atoms with van der Waals surface area (Å²) in [4.78, 5) is 4.20. The quantitative estimate of drug-likeness (QED) is 0.659. The van der Waals surface area contributed by atoms with Gasteiger partial charge >= 0.3 is 0 Å². The largest absolute Gasteiger partial charge is 0.455 e. The van der Waals surface area contributed by atoms with Crippen molar-refractivity contribution in [2.75, 3.05) is 0 Å². The fourth-order valence-corrected chi connectivity index (χ4v) is 1.47. The molecule has 0 N–H and O–H groups in total. The maximum Gasteiger partial charge on any atom is 0.149 e. The molecule has 0 fully saturated rings. The van der Waals surface area contributed by atoms with Crippen LogP contribution in [-0.4, -0.2) is 5.71 Å². The number of para-hydroxylation sites is 1. The summed E-state index contributed by atoms with van der Waals surface area (Å²) in [6.45, 7) is 5.53. The third-order valence-electron chi connectivity index (χ3n) is 2.08. The smallest absolute Gasteiger partial charge is 0.149 e. The van der Waals surface area contributed by atoms with Gasteiger partial charge in [-0.1, -0.05) is 18.7 Å². The molecule has 2 rings (SSSR count). The fraction of sp³-hybridized carbons (Fsp3) is 0.0833. The Morgan fingerprint density at radius 2 is 2.14 bits per heavy atom. The first-order chi connectivity index (χ1) is 6.86. The Bertz CT molecular complexity index is 430. The van der Waals surface area contributed by atoms with E-state index in [9.17, 15) is 0 Å². The normalized spacial score (nSPS) is 19.5. The van der Waals surface area contributed by atoms with Crippen molar-refractivity contribution < 1.29 is 4.74 Å². The van der Waals surface area contributed by atoms with Gasteiger partial charge in [0, 0.05) is 11.8 Å². The second-order valence-electron chi connectivity index (χ2n) is 2.91. The van der Waals surface area contributed by atoms with Crippen LogP contribution in [-0.2, 0) is 0 Å². The molecule has 0 bridgehead atoms. The average molecular weight is 185 g/mol. The van der Waals surface area contributed by atoms with Crippen molar-refractivity contribution in [3.63, 3.8) is 0 Å². The summed E-state index contributed by atoms with van der Waals surface area (Å²) in [6, 6.07) is 7.85. The van der Waals surface area contributed by atoms with E-state index in [4.69, 9.17) is 4.74 Å². The van der Waals surface area contributed by atoms with Gasteiger partial charge in [0.15, 0.2) is 0 Å². The number of hydrogen-bond donors (Lipinski definition) is 0. The highest BCUT2D eigenvalue weighted by atomic mass is 16.5. The number of benzene rings is 1. The molecule has 2 nitrogen and oxygen atoms in total. The molecule has 0 aliphatic carbocycles. The second-order valence-corrected chi connectivity index (χ2v) is 2.91. The standard InChI is InChI=1S/C12H11NO/c1-3-10-12(13-4-2)9-7-5-6-8-11(9)14-10/h3-8H,2H2,1H3/b10-3+,13-12?. The van der Waals surface area contributed by atoms with Gasteiger partial charge in [-0.25, -0.2) is 0 Å². The molecule has 0 saturated heterocycles. The molecule has 1 aliphatic rings. The van der Waals surface area contributed by atoms with E-state index in [-0.39, 0.29) is 0 Å². The molecule has 0 atom stereocenters. The molecule has 0 unspecified atom stereocenters. The topological polar surface area (TPSA) is 21.6 Å². The molecule has 0 aromatic heterocycles. The van der Waals surface area contributed by atoms with Crippen molar-refractivity contribution >= 4 is 5.71 Å². The van der Waals surface area contributed by atoms with Crippen LogP contribution in [0.15, 0.2) is 53.9 Å². The van der Waals surface area contributed by atoms with Crippen molar-refractivity contribution in [1.29, 1.82) is 0 Å². The van der Waals surface area contributed by atoms with Crippen molar-refractivity contribution in [3.8, 4) is 5.75 Å². The minimum absolute atomic E-state index is 0.797. The summed E-state index contributed by atoms with van der Waals surface area (Å²) in [6.07, 6.45) is 3.44. The molecule has 1 heterocycles. The van der Waals surface area contributed by atoms with E-state index in [1.165, 1.54) is 6.20 Å². The molecule has 0 radical (unpaired) electrons. The number of fused-ring (bicyclic) bond motifs is 1. The van der Waals surface area contributed by atoms with Crippen molar-refractivity contribution in [1.82, 2.24) is 0 Å². The van der Waals surface area contributed by atoms with E-state index in [2.05, 4.69) is 11.6 Å².